The Hall–Kier alpha value is -1.40. The van der Waals surface area contributed by atoms with Gasteiger partial charge in [-0.15, -0.1) is 0 Å². The van der Waals surface area contributed by atoms with E-state index in [9.17, 15) is 28.2 Å². The number of ether oxygens (including phenoxy) is 1. The van der Waals surface area contributed by atoms with Gasteiger partial charge in [0, 0.05) is 6.20 Å². The van der Waals surface area contributed by atoms with Crippen molar-refractivity contribution < 1.29 is 38.0 Å². The molecule has 0 aromatic rings. The van der Waals surface area contributed by atoms with Gasteiger partial charge in [0.05, 0.1) is 6.61 Å². The summed E-state index contributed by atoms with van der Waals surface area (Å²) in [6.07, 6.45) is -9.80. The molecular weight excluding hydrogens is 311 g/mol. The Morgan fingerprint density at radius 2 is 2.05 bits per heavy atom. The molecule has 22 heavy (non-hydrogen) atoms. The van der Waals surface area contributed by atoms with Gasteiger partial charge in [0.15, 0.2) is 6.23 Å². The molecular formula is C11H16F3N3O5. The highest BCUT2D eigenvalue weighted by Crippen LogP contribution is 2.36. The van der Waals surface area contributed by atoms with E-state index in [1.165, 1.54) is 0 Å². The molecule has 126 valence electrons. The van der Waals surface area contributed by atoms with Gasteiger partial charge < -0.3 is 25.4 Å². The number of rotatable bonds is 2. The van der Waals surface area contributed by atoms with Crippen LogP contribution >= 0.6 is 0 Å². The average molecular weight is 327 g/mol. The van der Waals surface area contributed by atoms with Crippen molar-refractivity contribution in [2.75, 3.05) is 6.61 Å². The van der Waals surface area contributed by atoms with Gasteiger partial charge in [0.2, 0.25) is 5.66 Å². The van der Waals surface area contributed by atoms with Crippen LogP contribution < -0.4 is 11.1 Å². The van der Waals surface area contributed by atoms with E-state index in [-0.39, 0.29) is 0 Å². The maximum absolute atomic E-state index is 13.0. The summed E-state index contributed by atoms with van der Waals surface area (Å²) in [6.45, 7) is 0.428. The molecule has 2 aliphatic heterocycles. The number of nitrogens with two attached hydrogens (primary N) is 1. The Kier molecular flexibility index (Phi) is 4.13. The quantitative estimate of drug-likeness (QED) is 0.423. The summed E-state index contributed by atoms with van der Waals surface area (Å²) >= 11 is 0. The minimum atomic E-state index is -4.92. The molecule has 8 nitrogen and oxygen atoms in total. The number of amides is 2. The number of aliphatic hydroxyl groups is 3. The minimum Gasteiger partial charge on any atom is -0.394 e. The van der Waals surface area contributed by atoms with Crippen LogP contribution in [-0.2, 0) is 4.74 Å². The fourth-order valence-electron chi connectivity index (χ4n) is 2.29. The Balaban J connectivity index is 2.30. The summed E-state index contributed by atoms with van der Waals surface area (Å²) in [6, 6.07) is -1.25. The third-order valence-electron chi connectivity index (χ3n) is 3.73. The first-order valence-corrected chi connectivity index (χ1v) is 6.30. The SMILES string of the molecule is CC1=CN([C@@H]2O[C@H](CO)[C@@H](O)[C@H]2O)C(=O)NC1(N)C(F)(F)F. The summed E-state index contributed by atoms with van der Waals surface area (Å²) in [5.41, 5.74) is 1.74. The van der Waals surface area contributed by atoms with Crippen LogP contribution in [0.25, 0.3) is 0 Å². The second-order valence-corrected chi connectivity index (χ2v) is 5.18. The lowest BCUT2D eigenvalue weighted by Crippen LogP contribution is -2.71. The van der Waals surface area contributed by atoms with E-state index in [0.29, 0.717) is 4.90 Å². The molecule has 0 bridgehead atoms. The van der Waals surface area contributed by atoms with Crippen molar-refractivity contribution in [2.45, 2.75) is 43.3 Å². The lowest BCUT2D eigenvalue weighted by molar-refractivity contribution is -0.183. The number of carbonyl (C=O) groups is 1. The smallest absolute Gasteiger partial charge is 0.394 e. The summed E-state index contributed by atoms with van der Waals surface area (Å²) in [5, 5.41) is 30.0. The van der Waals surface area contributed by atoms with Crippen molar-refractivity contribution in [1.82, 2.24) is 10.2 Å². The molecule has 1 unspecified atom stereocenters. The van der Waals surface area contributed by atoms with E-state index in [2.05, 4.69) is 0 Å². The van der Waals surface area contributed by atoms with Crippen molar-refractivity contribution in [3.63, 3.8) is 0 Å². The third-order valence-corrected chi connectivity index (χ3v) is 3.73. The van der Waals surface area contributed by atoms with Gasteiger partial charge in [-0.2, -0.15) is 13.2 Å². The largest absolute Gasteiger partial charge is 0.429 e. The van der Waals surface area contributed by atoms with Gasteiger partial charge in [0.1, 0.15) is 18.3 Å². The van der Waals surface area contributed by atoms with Crippen LogP contribution in [0.15, 0.2) is 11.8 Å². The fraction of sp³-hybridized carbons (Fsp3) is 0.727. The van der Waals surface area contributed by atoms with Gasteiger partial charge in [-0.3, -0.25) is 10.6 Å². The Labute approximate surface area is 122 Å². The molecule has 0 saturated carbocycles. The molecule has 1 saturated heterocycles. The number of aliphatic hydroxyl groups excluding tert-OH is 3. The van der Waals surface area contributed by atoms with Crippen LogP contribution in [-0.4, -0.2) is 69.2 Å². The van der Waals surface area contributed by atoms with Gasteiger partial charge in [-0.25, -0.2) is 4.79 Å². The first kappa shape index (κ1) is 17.0. The van der Waals surface area contributed by atoms with E-state index in [0.717, 1.165) is 13.1 Å². The van der Waals surface area contributed by atoms with Crippen LogP contribution in [0, 0.1) is 0 Å². The van der Waals surface area contributed by atoms with Gasteiger partial charge >= 0.3 is 12.2 Å². The highest BCUT2D eigenvalue weighted by Gasteiger charge is 2.58. The molecule has 6 N–H and O–H groups in total. The summed E-state index contributed by atoms with van der Waals surface area (Å²) in [4.78, 5) is 12.6. The number of nitrogens with zero attached hydrogens (tertiary/aromatic N) is 1. The van der Waals surface area contributed by atoms with E-state index in [4.69, 9.17) is 15.6 Å². The van der Waals surface area contributed by atoms with Crippen LogP contribution in [0.4, 0.5) is 18.0 Å². The Morgan fingerprint density at radius 1 is 1.45 bits per heavy atom. The van der Waals surface area contributed by atoms with Crippen molar-refractivity contribution in [3.05, 3.63) is 11.8 Å². The number of alkyl halides is 3. The molecule has 0 radical (unpaired) electrons. The minimum absolute atomic E-state index is 0.433. The maximum atomic E-state index is 13.0. The van der Waals surface area contributed by atoms with Crippen LogP contribution in [0.2, 0.25) is 0 Å². The summed E-state index contributed by atoms with van der Waals surface area (Å²) < 4.78 is 44.0. The number of hydrogen-bond acceptors (Lipinski definition) is 6. The zero-order valence-corrected chi connectivity index (χ0v) is 11.4. The second-order valence-electron chi connectivity index (χ2n) is 5.18. The number of hydrogen-bond donors (Lipinski definition) is 5. The normalized spacial score (nSPS) is 39.7. The second kappa shape index (κ2) is 5.35. The van der Waals surface area contributed by atoms with Crippen LogP contribution in [0.1, 0.15) is 6.92 Å². The summed E-state index contributed by atoms with van der Waals surface area (Å²) in [5.74, 6) is 0. The topological polar surface area (TPSA) is 128 Å². The number of halogens is 3. The van der Waals surface area contributed by atoms with E-state index in [1.54, 1.807) is 5.32 Å². The third kappa shape index (κ3) is 2.44. The van der Waals surface area contributed by atoms with E-state index >= 15 is 0 Å². The predicted octanol–water partition coefficient (Wildman–Crippen LogP) is -1.43. The Morgan fingerprint density at radius 3 is 2.50 bits per heavy atom. The highest BCUT2D eigenvalue weighted by molar-refractivity contribution is 5.79. The van der Waals surface area contributed by atoms with Crippen LogP contribution in [0.5, 0.6) is 0 Å². The zero-order chi connectivity index (χ0) is 16.9. The van der Waals surface area contributed by atoms with Crippen LogP contribution in [0.3, 0.4) is 0 Å². The monoisotopic (exact) mass is 327 g/mol. The lowest BCUT2D eigenvalue weighted by Gasteiger charge is -2.41. The standard InChI is InChI=1S/C11H16F3N3O5/c1-4-2-17(8-7(20)6(19)5(3-18)22-8)9(21)16-10(4,15)11(12,13)14/h2,5-8,18-20H,3,15H2,1H3,(H,16,21)/t5-,6-,7-,8-,10?/m1/s1. The van der Waals surface area contributed by atoms with Crippen molar-refractivity contribution in [2.24, 2.45) is 5.73 Å². The molecule has 0 aliphatic carbocycles. The van der Waals surface area contributed by atoms with Gasteiger partial charge in [-0.05, 0) is 12.5 Å². The van der Waals surface area contributed by atoms with Crippen molar-refractivity contribution in [1.29, 1.82) is 0 Å². The molecule has 1 fully saturated rings. The molecule has 2 heterocycles. The first-order valence-electron chi connectivity index (χ1n) is 6.30. The molecule has 0 aromatic heterocycles. The highest BCUT2D eigenvalue weighted by atomic mass is 19.4. The fourth-order valence-corrected chi connectivity index (χ4v) is 2.29. The molecule has 2 amide bonds. The van der Waals surface area contributed by atoms with E-state index in [1.807, 2.05) is 0 Å². The molecule has 5 atom stereocenters. The average Bonchev–Trinajstić information content (AvgIpc) is 2.69. The zero-order valence-electron chi connectivity index (χ0n) is 11.4. The molecule has 2 aliphatic rings. The molecule has 0 aromatic carbocycles. The summed E-state index contributed by atoms with van der Waals surface area (Å²) in [7, 11) is 0. The number of urea groups is 1. The number of nitrogens with one attached hydrogen (secondary N) is 1. The van der Waals surface area contributed by atoms with E-state index < -0.39 is 54.6 Å². The Bertz CT molecular complexity index is 500. The molecule has 0 spiro atoms. The molecule has 2 rings (SSSR count). The maximum Gasteiger partial charge on any atom is 0.429 e. The van der Waals surface area contributed by atoms with Gasteiger partial charge in [-0.1, -0.05) is 0 Å². The number of carbonyl (C=O) groups excluding carboxylic acids is 1. The van der Waals surface area contributed by atoms with Gasteiger partial charge in [0.25, 0.3) is 0 Å². The first-order chi connectivity index (χ1) is 10.0. The van der Waals surface area contributed by atoms with Crippen molar-refractivity contribution in [3.8, 4) is 0 Å². The molecule has 11 heteroatoms. The lowest BCUT2D eigenvalue weighted by atomic mass is 10.00. The predicted molar refractivity (Wildman–Crippen MR) is 64.9 cm³/mol. The van der Waals surface area contributed by atoms with Crippen molar-refractivity contribution >= 4 is 6.03 Å².